The summed E-state index contributed by atoms with van der Waals surface area (Å²) in [6, 6.07) is 12.6. The number of ether oxygens (including phenoxy) is 2. The number of carbonyl (C=O) groups excluding carboxylic acids is 1. The molecule has 1 aromatic heterocycles. The van der Waals surface area contributed by atoms with Gasteiger partial charge in [-0.05, 0) is 43.3 Å². The van der Waals surface area contributed by atoms with Crippen molar-refractivity contribution in [3.63, 3.8) is 0 Å². The number of amides is 1. The lowest BCUT2D eigenvalue weighted by Gasteiger charge is -2.09. The van der Waals surface area contributed by atoms with Crippen LogP contribution in [0.2, 0.25) is 10.0 Å². The van der Waals surface area contributed by atoms with Gasteiger partial charge in [0.1, 0.15) is 6.61 Å². The Kier molecular flexibility index (Phi) is 6.51. The lowest BCUT2D eigenvalue weighted by Crippen LogP contribution is -2.17. The Bertz CT molecular complexity index is 991. The fraction of sp³-hybridized carbons (Fsp3) is 0.211. The lowest BCUT2D eigenvalue weighted by atomic mass is 10.2. The molecule has 0 aliphatic rings. The first-order valence-corrected chi connectivity index (χ1v) is 9.22. The lowest BCUT2D eigenvalue weighted by molar-refractivity contribution is -0.119. The molecular formula is C19H18Cl2N4O3. The van der Waals surface area contributed by atoms with Crippen molar-refractivity contribution in [1.82, 2.24) is 14.8 Å². The highest BCUT2D eigenvalue weighted by molar-refractivity contribution is 6.42. The van der Waals surface area contributed by atoms with E-state index in [0.717, 1.165) is 5.56 Å². The van der Waals surface area contributed by atoms with Gasteiger partial charge in [-0.2, -0.15) is 4.98 Å². The highest BCUT2D eigenvalue weighted by Gasteiger charge is 2.16. The maximum Gasteiger partial charge on any atom is 0.336 e. The number of benzene rings is 2. The second-order valence-electron chi connectivity index (χ2n) is 5.72. The normalized spacial score (nSPS) is 10.7. The van der Waals surface area contributed by atoms with Crippen molar-refractivity contribution in [3.8, 4) is 23.1 Å². The van der Waals surface area contributed by atoms with Crippen LogP contribution < -0.4 is 10.1 Å². The molecule has 1 amide bonds. The van der Waals surface area contributed by atoms with Crippen LogP contribution in [0, 0.1) is 0 Å². The predicted octanol–water partition coefficient (Wildman–Crippen LogP) is 4.22. The number of rotatable bonds is 7. The minimum atomic E-state index is -0.252. The van der Waals surface area contributed by atoms with Gasteiger partial charge >= 0.3 is 6.01 Å². The number of hydrogen-bond acceptors (Lipinski definition) is 5. The molecule has 2 aromatic carbocycles. The molecule has 0 aliphatic heterocycles. The highest BCUT2D eigenvalue weighted by Crippen LogP contribution is 2.30. The molecule has 0 bridgehead atoms. The summed E-state index contributed by atoms with van der Waals surface area (Å²) in [4.78, 5) is 16.2. The predicted molar refractivity (Wildman–Crippen MR) is 108 cm³/mol. The molecule has 146 valence electrons. The quantitative estimate of drug-likeness (QED) is 0.618. The van der Waals surface area contributed by atoms with Gasteiger partial charge < -0.3 is 14.8 Å². The average Bonchev–Trinajstić information content (AvgIpc) is 3.09. The summed E-state index contributed by atoms with van der Waals surface area (Å²) in [6.07, 6.45) is 0. The SMILES string of the molecule is CCOc1nc(-c2ccc(Cl)c(Cl)c2)n(-c2cccc(NC(=O)COC)c2)n1. The molecule has 0 unspecified atom stereocenters. The van der Waals surface area contributed by atoms with Gasteiger partial charge in [0.2, 0.25) is 5.91 Å². The van der Waals surface area contributed by atoms with Crippen molar-refractivity contribution in [1.29, 1.82) is 0 Å². The summed E-state index contributed by atoms with van der Waals surface area (Å²) in [5.74, 6) is 0.278. The molecule has 1 N–H and O–H groups in total. The number of nitrogens with zero attached hydrogens (tertiary/aromatic N) is 3. The van der Waals surface area contributed by atoms with E-state index in [-0.39, 0.29) is 18.5 Å². The summed E-state index contributed by atoms with van der Waals surface area (Å²) in [6.45, 7) is 2.25. The third-order valence-corrected chi connectivity index (χ3v) is 4.43. The second-order valence-corrected chi connectivity index (χ2v) is 6.54. The first-order valence-electron chi connectivity index (χ1n) is 8.46. The van der Waals surface area contributed by atoms with Gasteiger partial charge in [0, 0.05) is 18.4 Å². The average molecular weight is 421 g/mol. The van der Waals surface area contributed by atoms with Gasteiger partial charge in [0.05, 0.1) is 22.3 Å². The smallest absolute Gasteiger partial charge is 0.336 e. The topological polar surface area (TPSA) is 78.3 Å². The summed E-state index contributed by atoms with van der Waals surface area (Å²) in [5.41, 5.74) is 2.02. The van der Waals surface area contributed by atoms with Crippen LogP contribution in [0.5, 0.6) is 6.01 Å². The van der Waals surface area contributed by atoms with Crippen LogP contribution >= 0.6 is 23.2 Å². The molecule has 0 radical (unpaired) electrons. The van der Waals surface area contributed by atoms with Crippen LogP contribution in [0.3, 0.4) is 0 Å². The molecule has 0 saturated carbocycles. The number of carbonyl (C=O) groups is 1. The van der Waals surface area contributed by atoms with Crippen LogP contribution in [0.15, 0.2) is 42.5 Å². The molecule has 0 atom stereocenters. The summed E-state index contributed by atoms with van der Waals surface area (Å²) < 4.78 is 11.9. The number of halogens is 2. The van der Waals surface area contributed by atoms with Crippen molar-refractivity contribution in [3.05, 3.63) is 52.5 Å². The Labute approximate surface area is 172 Å². The van der Waals surface area contributed by atoms with E-state index in [1.54, 1.807) is 41.1 Å². The summed E-state index contributed by atoms with van der Waals surface area (Å²) >= 11 is 12.2. The first-order chi connectivity index (χ1) is 13.5. The molecule has 0 aliphatic carbocycles. The van der Waals surface area contributed by atoms with Crippen LogP contribution in [0.1, 0.15) is 6.92 Å². The standard InChI is InChI=1S/C19H18Cl2N4O3/c1-3-28-19-23-18(12-7-8-15(20)16(21)9-12)25(24-19)14-6-4-5-13(10-14)22-17(26)11-27-2/h4-10H,3,11H2,1-2H3,(H,22,26). The molecule has 0 spiro atoms. The number of aromatic nitrogens is 3. The Morgan fingerprint density at radius 1 is 1.18 bits per heavy atom. The molecule has 1 heterocycles. The van der Waals surface area contributed by atoms with Crippen LogP contribution in [0.25, 0.3) is 17.1 Å². The highest BCUT2D eigenvalue weighted by atomic mass is 35.5. The molecular weight excluding hydrogens is 403 g/mol. The minimum Gasteiger partial charge on any atom is -0.463 e. The van der Waals surface area contributed by atoms with Crippen LogP contribution in [-0.4, -0.2) is 41.0 Å². The Morgan fingerprint density at radius 3 is 2.71 bits per heavy atom. The molecule has 3 rings (SSSR count). The second kappa shape index (κ2) is 9.05. The van der Waals surface area contributed by atoms with E-state index in [2.05, 4.69) is 15.4 Å². The van der Waals surface area contributed by atoms with Gasteiger partial charge in [-0.15, -0.1) is 5.10 Å². The van der Waals surface area contributed by atoms with Crippen molar-refractivity contribution < 1.29 is 14.3 Å². The van der Waals surface area contributed by atoms with E-state index >= 15 is 0 Å². The number of hydrogen-bond donors (Lipinski definition) is 1. The third kappa shape index (κ3) is 4.62. The summed E-state index contributed by atoms with van der Waals surface area (Å²) in [7, 11) is 1.46. The molecule has 0 fully saturated rings. The zero-order valence-corrected chi connectivity index (χ0v) is 16.8. The monoisotopic (exact) mass is 420 g/mol. The van der Waals surface area contributed by atoms with E-state index in [1.165, 1.54) is 7.11 Å². The van der Waals surface area contributed by atoms with Crippen molar-refractivity contribution >= 4 is 34.8 Å². The van der Waals surface area contributed by atoms with Gasteiger partial charge in [-0.1, -0.05) is 29.3 Å². The molecule has 28 heavy (non-hydrogen) atoms. The third-order valence-electron chi connectivity index (χ3n) is 3.69. The van der Waals surface area contributed by atoms with Gasteiger partial charge in [0.25, 0.3) is 0 Å². The summed E-state index contributed by atoms with van der Waals surface area (Å²) in [5, 5.41) is 8.05. The fourth-order valence-electron chi connectivity index (χ4n) is 2.53. The van der Waals surface area contributed by atoms with Gasteiger partial charge in [-0.25, -0.2) is 4.68 Å². The largest absolute Gasteiger partial charge is 0.463 e. The van der Waals surface area contributed by atoms with E-state index in [0.29, 0.717) is 33.9 Å². The van der Waals surface area contributed by atoms with Crippen LogP contribution in [0.4, 0.5) is 5.69 Å². The maximum atomic E-state index is 11.8. The van der Waals surface area contributed by atoms with Crippen molar-refractivity contribution in [2.24, 2.45) is 0 Å². The Hall–Kier alpha value is -2.61. The zero-order valence-electron chi connectivity index (χ0n) is 15.3. The number of nitrogens with one attached hydrogen (secondary N) is 1. The van der Waals surface area contributed by atoms with Gasteiger partial charge in [-0.3, -0.25) is 4.79 Å². The zero-order chi connectivity index (χ0) is 20.1. The molecule has 9 heteroatoms. The first kappa shape index (κ1) is 20.1. The number of anilines is 1. The minimum absolute atomic E-state index is 0.0312. The van der Waals surface area contributed by atoms with Crippen molar-refractivity contribution in [2.45, 2.75) is 6.92 Å². The molecule has 0 saturated heterocycles. The van der Waals surface area contributed by atoms with E-state index in [1.807, 2.05) is 13.0 Å². The number of methoxy groups -OCH3 is 1. The van der Waals surface area contributed by atoms with E-state index < -0.39 is 0 Å². The maximum absolute atomic E-state index is 11.8. The van der Waals surface area contributed by atoms with Gasteiger partial charge in [0.15, 0.2) is 5.82 Å². The van der Waals surface area contributed by atoms with Crippen molar-refractivity contribution in [2.75, 3.05) is 25.6 Å². The van der Waals surface area contributed by atoms with E-state index in [4.69, 9.17) is 32.7 Å². The van der Waals surface area contributed by atoms with E-state index in [9.17, 15) is 4.79 Å². The Balaban J connectivity index is 2.03. The Morgan fingerprint density at radius 2 is 2.00 bits per heavy atom. The van der Waals surface area contributed by atoms with Crippen LogP contribution in [-0.2, 0) is 9.53 Å². The molecule has 7 nitrogen and oxygen atoms in total. The molecule has 3 aromatic rings. The fourth-order valence-corrected chi connectivity index (χ4v) is 2.83.